The molecule has 0 aromatic heterocycles. The molecule has 4 nitrogen and oxygen atoms in total. The smallest absolute Gasteiger partial charge is 0.312 e. The van der Waals surface area contributed by atoms with Gasteiger partial charge in [0.2, 0.25) is 0 Å². The molecule has 5 heteroatoms. The van der Waals surface area contributed by atoms with Crippen molar-refractivity contribution >= 4 is 13.4 Å². The first kappa shape index (κ1) is 11.8. The van der Waals surface area contributed by atoms with E-state index in [4.69, 9.17) is 0 Å². The fourth-order valence-corrected chi connectivity index (χ4v) is 1.73. The summed E-state index contributed by atoms with van der Waals surface area (Å²) in [6.45, 7) is 3.50. The third kappa shape index (κ3) is 3.48. The van der Waals surface area contributed by atoms with Crippen LogP contribution in [0.3, 0.4) is 0 Å². The highest BCUT2D eigenvalue weighted by Gasteiger charge is 2.26. The molecule has 0 rings (SSSR count). The van der Waals surface area contributed by atoms with Crippen LogP contribution in [-0.4, -0.2) is 26.2 Å². The fourth-order valence-electron chi connectivity index (χ4n) is 0.577. The van der Waals surface area contributed by atoms with Crippen LogP contribution in [0.5, 0.6) is 0 Å². The first-order valence-electron chi connectivity index (χ1n) is 3.68. The minimum absolute atomic E-state index is 0.109. The van der Waals surface area contributed by atoms with Crippen LogP contribution < -0.4 is 0 Å². The Morgan fingerprint density at radius 2 is 1.75 bits per heavy atom. The van der Waals surface area contributed by atoms with Crippen molar-refractivity contribution in [3.8, 4) is 0 Å². The number of carbonyl (C=O) groups is 1. The molecule has 0 heterocycles. The summed E-state index contributed by atoms with van der Waals surface area (Å²) in [6.07, 6.45) is -0.141. The van der Waals surface area contributed by atoms with Crippen LogP contribution in [0.4, 0.5) is 0 Å². The number of Topliss-reactive ketones (excluding diaryl/α,β-unsaturated/α-hetero) is 1. The first-order chi connectivity index (χ1) is 5.45. The van der Waals surface area contributed by atoms with Crippen molar-refractivity contribution in [1.82, 2.24) is 0 Å². The Morgan fingerprint density at radius 3 is 2.00 bits per heavy atom. The van der Waals surface area contributed by atoms with Gasteiger partial charge >= 0.3 is 7.60 Å². The zero-order valence-electron chi connectivity index (χ0n) is 7.86. The summed E-state index contributed by atoms with van der Waals surface area (Å²) in [4.78, 5) is 11.1. The maximum Gasteiger partial charge on any atom is 0.337 e. The summed E-state index contributed by atoms with van der Waals surface area (Å²) in [5, 5.41) is 0. The minimum Gasteiger partial charge on any atom is -0.312 e. The predicted molar refractivity (Wildman–Crippen MR) is 46.3 cm³/mol. The molecular weight excluding hydrogens is 179 g/mol. The molecule has 0 saturated carbocycles. The van der Waals surface area contributed by atoms with Crippen molar-refractivity contribution in [2.45, 2.75) is 13.8 Å². The highest BCUT2D eigenvalue weighted by molar-refractivity contribution is 7.54. The molecular formula is C7H15O4P. The topological polar surface area (TPSA) is 52.6 Å². The molecule has 0 bridgehead atoms. The molecule has 0 N–H and O–H groups in total. The van der Waals surface area contributed by atoms with E-state index in [0.717, 1.165) is 0 Å². The van der Waals surface area contributed by atoms with Crippen molar-refractivity contribution in [2.75, 3.05) is 20.4 Å². The zero-order valence-corrected chi connectivity index (χ0v) is 8.76. The number of hydrogen-bond acceptors (Lipinski definition) is 4. The summed E-state index contributed by atoms with van der Waals surface area (Å²) >= 11 is 0. The van der Waals surface area contributed by atoms with Crippen molar-refractivity contribution < 1.29 is 18.4 Å². The second-order valence-corrected chi connectivity index (χ2v) is 5.02. The van der Waals surface area contributed by atoms with Gasteiger partial charge in [0, 0.05) is 20.1 Å². The van der Waals surface area contributed by atoms with Gasteiger partial charge in [-0.3, -0.25) is 9.36 Å². The Labute approximate surface area is 72.8 Å². The maximum atomic E-state index is 11.4. The van der Waals surface area contributed by atoms with Gasteiger partial charge in [0.15, 0.2) is 0 Å². The Kier molecular flexibility index (Phi) is 4.68. The number of hydrogen-bond donors (Lipinski definition) is 0. The Balaban J connectivity index is 4.23. The molecule has 0 saturated heterocycles. The van der Waals surface area contributed by atoms with Crippen molar-refractivity contribution in [1.29, 1.82) is 0 Å². The van der Waals surface area contributed by atoms with Gasteiger partial charge in [-0.05, 0) is 0 Å². The molecule has 0 atom stereocenters. The van der Waals surface area contributed by atoms with Gasteiger partial charge in [0.1, 0.15) is 11.9 Å². The Morgan fingerprint density at radius 1 is 1.33 bits per heavy atom. The van der Waals surface area contributed by atoms with E-state index in [1.54, 1.807) is 13.8 Å². The number of rotatable bonds is 5. The molecule has 0 aliphatic rings. The highest BCUT2D eigenvalue weighted by Crippen LogP contribution is 2.46. The van der Waals surface area contributed by atoms with Crippen LogP contribution in [0.2, 0.25) is 0 Å². The van der Waals surface area contributed by atoms with Gasteiger partial charge in [0.05, 0.1) is 0 Å². The zero-order chi connectivity index (χ0) is 9.78. The van der Waals surface area contributed by atoms with Gasteiger partial charge in [-0.2, -0.15) is 0 Å². The van der Waals surface area contributed by atoms with Crippen molar-refractivity contribution in [2.24, 2.45) is 5.92 Å². The number of ketones is 1. The minimum atomic E-state index is -3.14. The quantitative estimate of drug-likeness (QED) is 0.625. The van der Waals surface area contributed by atoms with Gasteiger partial charge in [-0.25, -0.2) is 0 Å². The third-order valence-corrected chi connectivity index (χ3v) is 3.36. The third-order valence-electron chi connectivity index (χ3n) is 1.55. The van der Waals surface area contributed by atoms with E-state index >= 15 is 0 Å². The van der Waals surface area contributed by atoms with Crippen molar-refractivity contribution in [3.05, 3.63) is 0 Å². The average Bonchev–Trinajstić information content (AvgIpc) is 2.04. The lowest BCUT2D eigenvalue weighted by atomic mass is 10.1. The summed E-state index contributed by atoms with van der Waals surface area (Å²) in [6, 6.07) is 0. The Bertz CT molecular complexity index is 192. The second-order valence-electron chi connectivity index (χ2n) is 2.76. The molecule has 0 aromatic carbocycles. The van der Waals surface area contributed by atoms with Gasteiger partial charge in [-0.1, -0.05) is 13.8 Å². The Hall–Kier alpha value is -0.180. The normalized spacial score (nSPS) is 12.1. The molecule has 0 radical (unpaired) electrons. The molecule has 12 heavy (non-hydrogen) atoms. The average molecular weight is 194 g/mol. The lowest BCUT2D eigenvalue weighted by Gasteiger charge is -2.13. The van der Waals surface area contributed by atoms with E-state index in [1.165, 1.54) is 14.2 Å². The first-order valence-corrected chi connectivity index (χ1v) is 5.41. The largest absolute Gasteiger partial charge is 0.337 e. The molecule has 0 aliphatic heterocycles. The van der Waals surface area contributed by atoms with Crippen LogP contribution >= 0.6 is 7.60 Å². The predicted octanol–water partition coefficient (Wildman–Crippen LogP) is 1.70. The van der Waals surface area contributed by atoms with E-state index < -0.39 is 7.60 Å². The monoisotopic (exact) mass is 194 g/mol. The van der Waals surface area contributed by atoms with E-state index in [-0.39, 0.29) is 17.9 Å². The molecule has 72 valence electrons. The van der Waals surface area contributed by atoms with Gasteiger partial charge < -0.3 is 9.05 Å². The van der Waals surface area contributed by atoms with Crippen LogP contribution in [0.1, 0.15) is 13.8 Å². The molecule has 0 amide bonds. The SMILES string of the molecule is COP(=O)(CC(=O)C(C)C)OC. The summed E-state index contributed by atoms with van der Waals surface area (Å²) in [5.41, 5.74) is 0. The fraction of sp³-hybridized carbons (Fsp3) is 0.857. The maximum absolute atomic E-state index is 11.4. The lowest BCUT2D eigenvalue weighted by molar-refractivity contribution is -0.119. The molecule has 0 unspecified atom stereocenters. The molecule has 0 aromatic rings. The highest BCUT2D eigenvalue weighted by atomic mass is 31.2. The van der Waals surface area contributed by atoms with E-state index in [2.05, 4.69) is 9.05 Å². The standard InChI is InChI=1S/C7H15O4P/c1-6(2)7(8)5-12(9,10-3)11-4/h6H,5H2,1-4H3. The van der Waals surface area contributed by atoms with Crippen LogP contribution in [0.15, 0.2) is 0 Å². The van der Waals surface area contributed by atoms with Crippen LogP contribution in [0.25, 0.3) is 0 Å². The molecule has 0 spiro atoms. The van der Waals surface area contributed by atoms with E-state index in [9.17, 15) is 9.36 Å². The molecule has 0 aliphatic carbocycles. The van der Waals surface area contributed by atoms with Gasteiger partial charge in [-0.15, -0.1) is 0 Å². The summed E-state index contributed by atoms with van der Waals surface area (Å²) in [5.74, 6) is -0.245. The van der Waals surface area contributed by atoms with Gasteiger partial charge in [0.25, 0.3) is 0 Å². The summed E-state index contributed by atoms with van der Waals surface area (Å²) in [7, 11) is -0.589. The molecule has 0 fully saturated rings. The van der Waals surface area contributed by atoms with Crippen LogP contribution in [0, 0.1) is 5.92 Å². The second kappa shape index (κ2) is 4.75. The van der Waals surface area contributed by atoms with E-state index in [0.29, 0.717) is 0 Å². The lowest BCUT2D eigenvalue weighted by Crippen LogP contribution is -2.13. The van der Waals surface area contributed by atoms with Crippen molar-refractivity contribution in [3.63, 3.8) is 0 Å². The van der Waals surface area contributed by atoms with Crippen LogP contribution in [-0.2, 0) is 18.4 Å². The summed E-state index contributed by atoms with van der Waals surface area (Å²) < 4.78 is 20.6. The van der Waals surface area contributed by atoms with E-state index in [1.807, 2.05) is 0 Å². The number of carbonyl (C=O) groups excluding carboxylic acids is 1.